The molecule has 0 unspecified atom stereocenters. The molecule has 5 nitrogen and oxygen atoms in total. The quantitative estimate of drug-likeness (QED) is 0.512. The Hall–Kier alpha value is -1.65. The van der Waals surface area contributed by atoms with Crippen LogP contribution >= 0.6 is 0 Å². The fraction of sp³-hybridized carbons (Fsp3) is 0.167. The summed E-state index contributed by atoms with van der Waals surface area (Å²) >= 11 is 0. The molecule has 0 radical (unpaired) electrons. The minimum absolute atomic E-state index is 0.140. The van der Waals surface area contributed by atoms with Gasteiger partial charge in [-0.3, -0.25) is 4.79 Å². The van der Waals surface area contributed by atoms with E-state index in [4.69, 9.17) is 5.73 Å². The largest absolute Gasteiger partial charge is 0.368 e. The van der Waals surface area contributed by atoms with Crippen molar-refractivity contribution < 1.29 is 4.79 Å². The topological polar surface area (TPSA) is 80.9 Å². The Kier molecular flexibility index (Phi) is 1.06. The number of carbonyl (C=O) groups is 1. The molecule has 0 saturated carbocycles. The van der Waals surface area contributed by atoms with Gasteiger partial charge in [0.15, 0.2) is 0 Å². The van der Waals surface area contributed by atoms with Crippen molar-refractivity contribution >= 4 is 11.9 Å². The molecule has 2 rings (SSSR count). The van der Waals surface area contributed by atoms with E-state index >= 15 is 0 Å². The van der Waals surface area contributed by atoms with E-state index in [1.807, 2.05) is 0 Å². The molecule has 56 valence electrons. The van der Waals surface area contributed by atoms with Gasteiger partial charge in [0.05, 0.1) is 0 Å². The van der Waals surface area contributed by atoms with Crippen LogP contribution in [-0.2, 0) is 6.54 Å². The van der Waals surface area contributed by atoms with Crippen molar-refractivity contribution in [1.82, 2.24) is 15.3 Å². The van der Waals surface area contributed by atoms with Crippen LogP contribution in [0.1, 0.15) is 16.1 Å². The van der Waals surface area contributed by atoms with Gasteiger partial charge < -0.3 is 11.1 Å². The van der Waals surface area contributed by atoms with Crippen molar-refractivity contribution in [1.29, 1.82) is 0 Å². The van der Waals surface area contributed by atoms with Gasteiger partial charge in [-0.05, 0) is 0 Å². The zero-order valence-electron chi connectivity index (χ0n) is 5.66. The first-order chi connectivity index (χ1) is 5.27. The van der Waals surface area contributed by atoms with Crippen molar-refractivity contribution in [2.75, 3.05) is 5.73 Å². The maximum Gasteiger partial charge on any atom is 0.270 e. The molecule has 1 aromatic heterocycles. The van der Waals surface area contributed by atoms with Crippen LogP contribution < -0.4 is 11.1 Å². The van der Waals surface area contributed by atoms with Gasteiger partial charge in [-0.2, -0.15) is 0 Å². The SMILES string of the molecule is Nc1ncc2c(n1)C(=O)NC2. The molecule has 0 saturated heterocycles. The minimum Gasteiger partial charge on any atom is -0.368 e. The fourth-order valence-corrected chi connectivity index (χ4v) is 1.01. The van der Waals surface area contributed by atoms with E-state index in [0.29, 0.717) is 12.2 Å². The lowest BCUT2D eigenvalue weighted by atomic mass is 10.3. The summed E-state index contributed by atoms with van der Waals surface area (Å²) in [4.78, 5) is 18.5. The van der Waals surface area contributed by atoms with Gasteiger partial charge >= 0.3 is 0 Å². The zero-order valence-corrected chi connectivity index (χ0v) is 5.66. The number of rotatable bonds is 0. The number of nitrogens with zero attached hydrogens (tertiary/aromatic N) is 2. The van der Waals surface area contributed by atoms with Crippen LogP contribution in [0.3, 0.4) is 0 Å². The molecule has 1 aromatic rings. The Morgan fingerprint density at radius 2 is 2.45 bits per heavy atom. The number of anilines is 1. The van der Waals surface area contributed by atoms with Gasteiger partial charge in [0.2, 0.25) is 5.95 Å². The maximum absolute atomic E-state index is 11.0. The van der Waals surface area contributed by atoms with Gasteiger partial charge in [-0.25, -0.2) is 9.97 Å². The standard InChI is InChI=1S/C6H6N4O/c7-6-9-2-3-1-8-5(11)4(3)10-6/h2H,1H2,(H,8,11)(H2,7,9,10). The third-order valence-electron chi connectivity index (χ3n) is 1.54. The molecule has 5 heteroatoms. The highest BCUT2D eigenvalue weighted by atomic mass is 16.2. The molecular formula is C6H6N4O. The van der Waals surface area contributed by atoms with Crippen LogP contribution in [0.25, 0.3) is 0 Å². The monoisotopic (exact) mass is 150 g/mol. The lowest BCUT2D eigenvalue weighted by molar-refractivity contribution is 0.0961. The minimum atomic E-state index is -0.172. The molecule has 0 fully saturated rings. The van der Waals surface area contributed by atoms with E-state index in [-0.39, 0.29) is 11.9 Å². The van der Waals surface area contributed by atoms with Crippen molar-refractivity contribution in [2.24, 2.45) is 0 Å². The predicted molar refractivity (Wildman–Crippen MR) is 37.6 cm³/mol. The Balaban J connectivity index is 2.60. The molecule has 1 amide bonds. The molecule has 1 aliphatic heterocycles. The summed E-state index contributed by atoms with van der Waals surface area (Å²) in [6.45, 7) is 0.508. The second-order valence-corrected chi connectivity index (χ2v) is 2.28. The van der Waals surface area contributed by atoms with Crippen molar-refractivity contribution in [3.8, 4) is 0 Å². The number of nitrogens with one attached hydrogen (secondary N) is 1. The summed E-state index contributed by atoms with van der Waals surface area (Å²) in [5.74, 6) is -0.0325. The first-order valence-electron chi connectivity index (χ1n) is 3.17. The molecule has 0 atom stereocenters. The van der Waals surface area contributed by atoms with E-state index in [0.717, 1.165) is 5.56 Å². The van der Waals surface area contributed by atoms with E-state index in [2.05, 4.69) is 15.3 Å². The van der Waals surface area contributed by atoms with E-state index in [1.54, 1.807) is 6.20 Å². The lowest BCUT2D eigenvalue weighted by Gasteiger charge is -1.93. The van der Waals surface area contributed by atoms with Gasteiger partial charge in [0.1, 0.15) is 5.69 Å². The second-order valence-electron chi connectivity index (χ2n) is 2.28. The first kappa shape index (κ1) is 6.09. The Labute approximate surface area is 62.6 Å². The molecule has 0 aromatic carbocycles. The number of nitrogens with two attached hydrogens (primary N) is 1. The summed E-state index contributed by atoms with van der Waals surface area (Å²) in [6.07, 6.45) is 1.57. The summed E-state index contributed by atoms with van der Waals surface area (Å²) < 4.78 is 0. The average molecular weight is 150 g/mol. The molecule has 0 bridgehead atoms. The van der Waals surface area contributed by atoms with E-state index < -0.39 is 0 Å². The van der Waals surface area contributed by atoms with Crippen LogP contribution in [0, 0.1) is 0 Å². The van der Waals surface area contributed by atoms with Crippen LogP contribution in [0.5, 0.6) is 0 Å². The first-order valence-corrected chi connectivity index (χ1v) is 3.17. The number of amides is 1. The number of nitrogen functional groups attached to an aromatic ring is 1. The van der Waals surface area contributed by atoms with E-state index in [1.165, 1.54) is 0 Å². The number of carbonyl (C=O) groups excluding carboxylic acids is 1. The number of hydrogen-bond donors (Lipinski definition) is 2. The highest BCUT2D eigenvalue weighted by Gasteiger charge is 2.20. The Bertz CT molecular complexity index is 322. The number of fused-ring (bicyclic) bond motifs is 1. The lowest BCUT2D eigenvalue weighted by Crippen LogP contribution is -2.13. The summed E-state index contributed by atoms with van der Waals surface area (Å²) in [7, 11) is 0. The number of aromatic nitrogens is 2. The molecule has 3 N–H and O–H groups in total. The van der Waals surface area contributed by atoms with Crippen molar-refractivity contribution in [3.63, 3.8) is 0 Å². The summed E-state index contributed by atoms with van der Waals surface area (Å²) in [5, 5.41) is 2.62. The highest BCUT2D eigenvalue weighted by Crippen LogP contribution is 2.11. The van der Waals surface area contributed by atoms with E-state index in [9.17, 15) is 4.79 Å². The smallest absolute Gasteiger partial charge is 0.270 e. The third-order valence-corrected chi connectivity index (χ3v) is 1.54. The molecule has 2 heterocycles. The normalized spacial score (nSPS) is 14.4. The molecule has 0 aliphatic carbocycles. The summed E-state index contributed by atoms with van der Waals surface area (Å²) in [5.41, 5.74) is 6.50. The van der Waals surface area contributed by atoms with Gasteiger partial charge in [0.25, 0.3) is 5.91 Å². The molecule has 1 aliphatic rings. The third kappa shape index (κ3) is 0.813. The molecule has 11 heavy (non-hydrogen) atoms. The maximum atomic E-state index is 11.0. The van der Waals surface area contributed by atoms with Crippen LogP contribution in [-0.4, -0.2) is 15.9 Å². The van der Waals surface area contributed by atoms with Gasteiger partial charge in [-0.1, -0.05) is 0 Å². The zero-order chi connectivity index (χ0) is 7.84. The Morgan fingerprint density at radius 3 is 3.27 bits per heavy atom. The van der Waals surface area contributed by atoms with Crippen LogP contribution in [0.4, 0.5) is 5.95 Å². The summed E-state index contributed by atoms with van der Waals surface area (Å²) in [6, 6.07) is 0. The fourth-order valence-electron chi connectivity index (χ4n) is 1.01. The van der Waals surface area contributed by atoms with Crippen molar-refractivity contribution in [3.05, 3.63) is 17.5 Å². The average Bonchev–Trinajstić information content (AvgIpc) is 2.33. The Morgan fingerprint density at radius 1 is 1.64 bits per heavy atom. The van der Waals surface area contributed by atoms with Gasteiger partial charge in [-0.15, -0.1) is 0 Å². The van der Waals surface area contributed by atoms with Crippen molar-refractivity contribution in [2.45, 2.75) is 6.54 Å². The van der Waals surface area contributed by atoms with Gasteiger partial charge in [0, 0.05) is 18.3 Å². The molecule has 0 spiro atoms. The predicted octanol–water partition coefficient (Wildman–Crippen LogP) is -0.698. The van der Waals surface area contributed by atoms with Crippen LogP contribution in [0.2, 0.25) is 0 Å². The highest BCUT2D eigenvalue weighted by molar-refractivity contribution is 5.96. The molecular weight excluding hydrogens is 144 g/mol. The van der Waals surface area contributed by atoms with Crippen LogP contribution in [0.15, 0.2) is 6.20 Å². The number of hydrogen-bond acceptors (Lipinski definition) is 4. The second kappa shape index (κ2) is 1.91.